The molecule has 2 aliphatic heterocycles. The molecule has 1 N–H and O–H groups in total. The maximum Gasteiger partial charge on any atom is 0.224 e. The first-order valence-electron chi connectivity index (χ1n) is 2.49. The highest BCUT2D eigenvalue weighted by atomic mass is 17.1. The highest BCUT2D eigenvalue weighted by molar-refractivity contribution is 5.46. The zero-order valence-electron chi connectivity index (χ0n) is 4.80. The van der Waals surface area contributed by atoms with Crippen molar-refractivity contribution < 1.29 is 14.5 Å². The van der Waals surface area contributed by atoms with Crippen molar-refractivity contribution >= 4 is 6.40 Å². The van der Waals surface area contributed by atoms with Crippen LogP contribution in [0.5, 0.6) is 0 Å². The fraction of sp³-hybridized carbons (Fsp3) is 0. The molecule has 2 rings (SSSR count). The van der Waals surface area contributed by atoms with Crippen molar-refractivity contribution in [2.45, 2.75) is 0 Å². The molecule has 0 fully saturated rings. The molecule has 0 atom stereocenters. The normalized spacial score (nSPS) is 23.6. The van der Waals surface area contributed by atoms with Crippen molar-refractivity contribution in [3.05, 3.63) is 12.5 Å². The Kier molecular flexibility index (Phi) is 1.09. The number of nitrogens with zero attached hydrogens (tertiary/aromatic N) is 3. The Morgan fingerprint density at radius 2 is 2.00 bits per heavy atom. The summed E-state index contributed by atoms with van der Waals surface area (Å²) in [4.78, 5) is 14.2. The van der Waals surface area contributed by atoms with Gasteiger partial charge < -0.3 is 14.5 Å². The van der Waals surface area contributed by atoms with Crippen molar-refractivity contribution in [3.8, 4) is 0 Å². The van der Waals surface area contributed by atoms with Gasteiger partial charge in [0.2, 0.25) is 6.40 Å². The molecule has 0 saturated carbocycles. The second-order valence-corrected chi connectivity index (χ2v) is 1.43. The molecule has 0 aromatic carbocycles. The van der Waals surface area contributed by atoms with Gasteiger partial charge in [-0.3, -0.25) is 0 Å². The van der Waals surface area contributed by atoms with Crippen LogP contribution < -0.4 is 5.53 Å². The van der Waals surface area contributed by atoms with E-state index in [1.807, 2.05) is 0 Å². The molecular weight excluding hydrogens is 140 g/mol. The molecule has 0 saturated heterocycles. The number of hydrogen-bond acceptors (Lipinski definition) is 7. The average molecular weight is 144 g/mol. The van der Waals surface area contributed by atoms with Gasteiger partial charge in [-0.2, -0.15) is 5.53 Å². The third-order valence-corrected chi connectivity index (χ3v) is 0.849. The smallest absolute Gasteiger partial charge is 0.224 e. The third kappa shape index (κ3) is 0.731. The Labute approximate surface area is 55.8 Å². The first-order chi connectivity index (χ1) is 4.97. The fourth-order valence-electron chi connectivity index (χ4n) is 0.504. The Morgan fingerprint density at radius 1 is 1.20 bits per heavy atom. The van der Waals surface area contributed by atoms with Gasteiger partial charge in [0.15, 0.2) is 17.9 Å². The van der Waals surface area contributed by atoms with Crippen LogP contribution in [0.3, 0.4) is 0 Å². The van der Waals surface area contributed by atoms with Gasteiger partial charge in [-0.05, 0) is 0 Å². The molecule has 2 aliphatic rings. The van der Waals surface area contributed by atoms with Crippen LogP contribution in [-0.4, -0.2) is 17.0 Å². The van der Waals surface area contributed by atoms with Gasteiger partial charge in [0, 0.05) is 0 Å². The van der Waals surface area contributed by atoms with E-state index in [2.05, 4.69) is 10.6 Å². The molecule has 0 unspecified atom stereocenters. The van der Waals surface area contributed by atoms with Crippen molar-refractivity contribution in [2.24, 2.45) is 5.10 Å². The van der Waals surface area contributed by atoms with Gasteiger partial charge in [-0.1, -0.05) is 0 Å². The average Bonchev–Trinajstić information content (AvgIpc) is 2.59. The molecule has 0 aromatic heterocycles. The molecule has 0 aromatic rings. The molecule has 7 nitrogen and oxygen atoms in total. The SMILES string of the molecule is C1=CON(N2NN=CO2)O1. The Morgan fingerprint density at radius 3 is 2.60 bits per heavy atom. The number of hydrazone groups is 1. The summed E-state index contributed by atoms with van der Waals surface area (Å²) in [7, 11) is 0. The molecule has 0 spiro atoms. The maximum absolute atomic E-state index is 4.73. The largest absolute Gasteiger partial charge is 0.358 e. The van der Waals surface area contributed by atoms with Gasteiger partial charge >= 0.3 is 0 Å². The number of nitrogens with one attached hydrogen (secondary N) is 1. The van der Waals surface area contributed by atoms with Gasteiger partial charge in [0.25, 0.3) is 0 Å². The second-order valence-electron chi connectivity index (χ2n) is 1.43. The molecule has 0 bridgehead atoms. The minimum Gasteiger partial charge on any atom is -0.358 e. The molecule has 7 heteroatoms. The highest BCUT2D eigenvalue weighted by Crippen LogP contribution is 2.07. The Hall–Kier alpha value is -1.47. The second kappa shape index (κ2) is 2.05. The van der Waals surface area contributed by atoms with Gasteiger partial charge in [-0.25, -0.2) is 0 Å². The molecular formula is C3H4N4O3. The lowest BCUT2D eigenvalue weighted by Gasteiger charge is -2.17. The standard InChI is InChI=1S/C3H4N4O3/c1-2-9-7(8-1)6-5-4-3-10-6/h1-3,5H. The summed E-state index contributed by atoms with van der Waals surface area (Å²) in [5, 5.41) is 5.53. The van der Waals surface area contributed by atoms with E-state index in [0.29, 0.717) is 0 Å². The first kappa shape index (κ1) is 5.33. The van der Waals surface area contributed by atoms with Crippen LogP contribution in [0.2, 0.25) is 0 Å². The summed E-state index contributed by atoms with van der Waals surface area (Å²) in [5.74, 6) is 0. The highest BCUT2D eigenvalue weighted by Gasteiger charge is 2.24. The molecule has 10 heavy (non-hydrogen) atoms. The van der Waals surface area contributed by atoms with Crippen LogP contribution in [0.4, 0.5) is 0 Å². The lowest BCUT2D eigenvalue weighted by Crippen LogP contribution is -2.42. The summed E-state index contributed by atoms with van der Waals surface area (Å²) >= 11 is 0. The van der Waals surface area contributed by atoms with Gasteiger partial charge in [0.1, 0.15) is 5.28 Å². The molecule has 0 amide bonds. The maximum atomic E-state index is 4.73. The van der Waals surface area contributed by atoms with E-state index in [1.54, 1.807) is 0 Å². The van der Waals surface area contributed by atoms with E-state index >= 15 is 0 Å². The molecule has 0 radical (unpaired) electrons. The van der Waals surface area contributed by atoms with Crippen LogP contribution >= 0.6 is 0 Å². The van der Waals surface area contributed by atoms with Crippen molar-refractivity contribution in [1.82, 2.24) is 16.2 Å². The third-order valence-electron chi connectivity index (χ3n) is 0.849. The lowest BCUT2D eigenvalue weighted by atomic mass is 11.1. The molecule has 54 valence electrons. The number of hydrazine groups is 2. The van der Waals surface area contributed by atoms with E-state index in [0.717, 1.165) is 10.6 Å². The fourth-order valence-corrected chi connectivity index (χ4v) is 0.504. The molecule has 2 heterocycles. The first-order valence-corrected chi connectivity index (χ1v) is 2.49. The van der Waals surface area contributed by atoms with Gasteiger partial charge in [-0.15, -0.1) is 5.10 Å². The Balaban J connectivity index is 1.89. The van der Waals surface area contributed by atoms with Crippen molar-refractivity contribution in [3.63, 3.8) is 0 Å². The number of rotatable bonds is 1. The van der Waals surface area contributed by atoms with Crippen LogP contribution in [0.15, 0.2) is 17.6 Å². The predicted octanol–water partition coefficient (Wildman–Crippen LogP) is -0.754. The van der Waals surface area contributed by atoms with Crippen LogP contribution in [0.25, 0.3) is 0 Å². The molecule has 0 aliphatic carbocycles. The monoisotopic (exact) mass is 144 g/mol. The summed E-state index contributed by atoms with van der Waals surface area (Å²) in [6.45, 7) is 0. The minimum atomic E-state index is 0.965. The Bertz CT molecular complexity index is 145. The summed E-state index contributed by atoms with van der Waals surface area (Å²) < 4.78 is 0. The van der Waals surface area contributed by atoms with Gasteiger partial charge in [0.05, 0.1) is 0 Å². The van der Waals surface area contributed by atoms with Crippen molar-refractivity contribution in [1.29, 1.82) is 0 Å². The number of hydrogen-bond donors (Lipinski definition) is 1. The van der Waals surface area contributed by atoms with Crippen LogP contribution in [0, 0.1) is 0 Å². The summed E-state index contributed by atoms with van der Waals surface area (Å²) in [6.07, 6.45) is 3.90. The minimum absolute atomic E-state index is 0.965. The van der Waals surface area contributed by atoms with Crippen LogP contribution in [0.1, 0.15) is 0 Å². The zero-order valence-corrected chi connectivity index (χ0v) is 4.80. The summed E-state index contributed by atoms with van der Waals surface area (Å²) in [5.41, 5.74) is 2.42. The summed E-state index contributed by atoms with van der Waals surface area (Å²) in [6, 6.07) is 0. The van der Waals surface area contributed by atoms with E-state index in [4.69, 9.17) is 14.5 Å². The van der Waals surface area contributed by atoms with E-state index in [9.17, 15) is 0 Å². The lowest BCUT2D eigenvalue weighted by molar-refractivity contribution is -0.480. The van der Waals surface area contributed by atoms with E-state index < -0.39 is 0 Å². The van der Waals surface area contributed by atoms with Crippen LogP contribution in [-0.2, 0) is 14.5 Å². The quantitative estimate of drug-likeness (QED) is 0.522. The van der Waals surface area contributed by atoms with E-state index in [-0.39, 0.29) is 0 Å². The van der Waals surface area contributed by atoms with E-state index in [1.165, 1.54) is 18.9 Å². The zero-order chi connectivity index (χ0) is 6.81. The predicted molar refractivity (Wildman–Crippen MR) is 27.7 cm³/mol. The van der Waals surface area contributed by atoms with Crippen molar-refractivity contribution in [2.75, 3.05) is 0 Å². The topological polar surface area (TPSA) is 58.6 Å².